The lowest BCUT2D eigenvalue weighted by molar-refractivity contribution is 0.297. The summed E-state index contributed by atoms with van der Waals surface area (Å²) >= 11 is 0. The lowest BCUT2D eigenvalue weighted by Crippen LogP contribution is -2.34. The van der Waals surface area contributed by atoms with Gasteiger partial charge >= 0.3 is 0 Å². The molecule has 2 N–H and O–H groups in total. The van der Waals surface area contributed by atoms with E-state index in [1.807, 2.05) is 0 Å². The van der Waals surface area contributed by atoms with Crippen molar-refractivity contribution in [3.63, 3.8) is 0 Å². The molecule has 0 aliphatic heterocycles. The summed E-state index contributed by atoms with van der Waals surface area (Å²) in [5.74, 6) is 1.69. The summed E-state index contributed by atoms with van der Waals surface area (Å²) < 4.78 is 0. The van der Waals surface area contributed by atoms with Crippen molar-refractivity contribution in [2.75, 3.05) is 0 Å². The molecule has 1 nitrogen and oxygen atoms in total. The van der Waals surface area contributed by atoms with Gasteiger partial charge in [-0.3, -0.25) is 0 Å². The normalized spacial score (nSPS) is 25.6. The average molecular weight is 231 g/mol. The zero-order chi connectivity index (χ0) is 12.5. The van der Waals surface area contributed by atoms with Crippen molar-refractivity contribution in [2.45, 2.75) is 52.0 Å². The van der Waals surface area contributed by atoms with E-state index in [4.69, 9.17) is 5.73 Å². The monoisotopic (exact) mass is 231 g/mol. The fourth-order valence-electron chi connectivity index (χ4n) is 2.50. The predicted octanol–water partition coefficient (Wildman–Crippen LogP) is 3.94. The molecule has 94 valence electrons. The molecule has 1 aromatic rings. The number of hydrogen-bond donors (Lipinski definition) is 1. The maximum atomic E-state index is 6.21. The summed E-state index contributed by atoms with van der Waals surface area (Å²) in [6.45, 7) is 6.71. The van der Waals surface area contributed by atoms with Crippen LogP contribution in [0.1, 0.15) is 51.5 Å². The lowest BCUT2D eigenvalue weighted by atomic mass is 9.84. The first kappa shape index (κ1) is 12.6. The number of rotatable bonds is 4. The molecular weight excluding hydrogens is 206 g/mol. The van der Waals surface area contributed by atoms with Gasteiger partial charge in [0.2, 0.25) is 0 Å². The third-order valence-electron chi connectivity index (χ3n) is 4.11. The Balaban J connectivity index is 1.78. The molecule has 0 saturated heterocycles. The summed E-state index contributed by atoms with van der Waals surface area (Å²) in [4.78, 5) is 0. The molecule has 0 aromatic heterocycles. The van der Waals surface area contributed by atoms with Crippen LogP contribution in [0.25, 0.3) is 0 Å². The van der Waals surface area contributed by atoms with E-state index in [0.717, 1.165) is 18.3 Å². The van der Waals surface area contributed by atoms with Crippen molar-refractivity contribution in [1.82, 2.24) is 0 Å². The molecule has 1 heteroatoms. The first-order valence-corrected chi connectivity index (χ1v) is 6.79. The lowest BCUT2D eigenvalue weighted by Gasteiger charge is -2.27. The van der Waals surface area contributed by atoms with E-state index in [-0.39, 0.29) is 5.41 Å². The zero-order valence-electron chi connectivity index (χ0n) is 11.3. The number of hydrogen-bond acceptors (Lipinski definition) is 1. The van der Waals surface area contributed by atoms with Crippen molar-refractivity contribution >= 4 is 0 Å². The second kappa shape index (κ2) is 4.81. The highest BCUT2D eigenvalue weighted by molar-refractivity contribution is 5.25. The van der Waals surface area contributed by atoms with Gasteiger partial charge in [0.05, 0.1) is 0 Å². The Hall–Kier alpha value is -0.820. The second-order valence-electron chi connectivity index (χ2n) is 6.56. The van der Waals surface area contributed by atoms with Crippen LogP contribution in [0.4, 0.5) is 0 Å². The minimum absolute atomic E-state index is 0.247. The van der Waals surface area contributed by atoms with E-state index < -0.39 is 0 Å². The van der Waals surface area contributed by atoms with E-state index >= 15 is 0 Å². The van der Waals surface area contributed by atoms with Crippen molar-refractivity contribution in [3.8, 4) is 0 Å². The van der Waals surface area contributed by atoms with Gasteiger partial charge in [-0.1, -0.05) is 51.1 Å². The molecule has 0 spiro atoms. The van der Waals surface area contributed by atoms with Gasteiger partial charge in [-0.25, -0.2) is 0 Å². The molecule has 0 bridgehead atoms. The van der Waals surface area contributed by atoms with E-state index in [2.05, 4.69) is 51.1 Å². The SMILES string of the molecule is CC(C)(C)C(N)CCC1CC1c1ccccc1. The first-order chi connectivity index (χ1) is 7.98. The molecular formula is C16H25N. The fourth-order valence-corrected chi connectivity index (χ4v) is 2.50. The van der Waals surface area contributed by atoms with Crippen LogP contribution in [-0.2, 0) is 0 Å². The summed E-state index contributed by atoms with van der Waals surface area (Å²) in [5, 5.41) is 0. The molecule has 1 fully saturated rings. The Labute approximate surface area is 105 Å². The second-order valence-corrected chi connectivity index (χ2v) is 6.56. The highest BCUT2D eigenvalue weighted by Crippen LogP contribution is 2.50. The quantitative estimate of drug-likeness (QED) is 0.834. The van der Waals surface area contributed by atoms with Gasteiger partial charge in [-0.2, -0.15) is 0 Å². The van der Waals surface area contributed by atoms with Crippen LogP contribution < -0.4 is 5.73 Å². The largest absolute Gasteiger partial charge is 0.327 e. The molecule has 1 aromatic carbocycles. The third-order valence-corrected chi connectivity index (χ3v) is 4.11. The van der Waals surface area contributed by atoms with Crippen LogP contribution in [0.15, 0.2) is 30.3 Å². The first-order valence-electron chi connectivity index (χ1n) is 6.79. The summed E-state index contributed by atoms with van der Waals surface area (Å²) in [6, 6.07) is 11.2. The van der Waals surface area contributed by atoms with E-state index in [1.54, 1.807) is 0 Å². The topological polar surface area (TPSA) is 26.0 Å². The van der Waals surface area contributed by atoms with Gasteiger partial charge in [0, 0.05) is 6.04 Å². The van der Waals surface area contributed by atoms with Gasteiger partial charge in [-0.05, 0) is 42.1 Å². The molecule has 2 rings (SSSR count). The maximum Gasteiger partial charge on any atom is 0.00877 e. The minimum atomic E-state index is 0.247. The fraction of sp³-hybridized carbons (Fsp3) is 0.625. The van der Waals surface area contributed by atoms with Gasteiger partial charge < -0.3 is 5.73 Å². The molecule has 17 heavy (non-hydrogen) atoms. The summed E-state index contributed by atoms with van der Waals surface area (Å²) in [6.07, 6.45) is 3.82. The molecule has 0 heterocycles. The minimum Gasteiger partial charge on any atom is -0.327 e. The Bertz CT molecular complexity index is 350. The highest BCUT2D eigenvalue weighted by Gasteiger charge is 2.38. The maximum absolute atomic E-state index is 6.21. The van der Waals surface area contributed by atoms with Crippen LogP contribution in [0.5, 0.6) is 0 Å². The van der Waals surface area contributed by atoms with Crippen molar-refractivity contribution in [2.24, 2.45) is 17.1 Å². The van der Waals surface area contributed by atoms with Crippen molar-refractivity contribution in [1.29, 1.82) is 0 Å². The van der Waals surface area contributed by atoms with Crippen molar-refractivity contribution in [3.05, 3.63) is 35.9 Å². The van der Waals surface area contributed by atoms with Crippen LogP contribution in [0.2, 0.25) is 0 Å². The van der Waals surface area contributed by atoms with Crippen LogP contribution in [0, 0.1) is 11.3 Å². The van der Waals surface area contributed by atoms with Gasteiger partial charge in [0.25, 0.3) is 0 Å². The van der Waals surface area contributed by atoms with E-state index in [1.165, 1.54) is 18.4 Å². The highest BCUT2D eigenvalue weighted by atomic mass is 14.7. The smallest absolute Gasteiger partial charge is 0.00877 e. The zero-order valence-corrected chi connectivity index (χ0v) is 11.3. The van der Waals surface area contributed by atoms with Gasteiger partial charge in [0.1, 0.15) is 0 Å². The Morgan fingerprint density at radius 3 is 2.47 bits per heavy atom. The van der Waals surface area contributed by atoms with Gasteiger partial charge in [-0.15, -0.1) is 0 Å². The van der Waals surface area contributed by atoms with Crippen LogP contribution in [0.3, 0.4) is 0 Å². The molecule has 1 aliphatic carbocycles. The van der Waals surface area contributed by atoms with Crippen molar-refractivity contribution < 1.29 is 0 Å². The molecule has 3 unspecified atom stereocenters. The summed E-state index contributed by atoms with van der Waals surface area (Å²) in [5.41, 5.74) is 7.97. The Morgan fingerprint density at radius 2 is 1.88 bits per heavy atom. The van der Waals surface area contributed by atoms with Crippen LogP contribution in [-0.4, -0.2) is 6.04 Å². The molecule has 1 saturated carbocycles. The van der Waals surface area contributed by atoms with Crippen LogP contribution >= 0.6 is 0 Å². The average Bonchev–Trinajstić information content (AvgIpc) is 3.05. The number of nitrogens with two attached hydrogens (primary N) is 1. The van der Waals surface area contributed by atoms with E-state index in [9.17, 15) is 0 Å². The molecule has 1 aliphatic rings. The molecule has 0 radical (unpaired) electrons. The predicted molar refractivity (Wildman–Crippen MR) is 74.0 cm³/mol. The van der Waals surface area contributed by atoms with E-state index in [0.29, 0.717) is 6.04 Å². The van der Waals surface area contributed by atoms with Gasteiger partial charge in [0.15, 0.2) is 0 Å². The Morgan fingerprint density at radius 1 is 1.24 bits per heavy atom. The molecule has 0 amide bonds. The third kappa shape index (κ3) is 3.32. The standard InChI is InChI=1S/C16H25N/c1-16(2,3)15(17)10-9-13-11-14(13)12-7-5-4-6-8-12/h4-8,13-15H,9-11,17H2,1-3H3. The number of benzene rings is 1. The summed E-state index contributed by atoms with van der Waals surface area (Å²) in [7, 11) is 0. The molecule has 3 atom stereocenters. The Kier molecular flexibility index (Phi) is 3.58.